The van der Waals surface area contributed by atoms with Crippen molar-refractivity contribution in [1.29, 1.82) is 0 Å². The molecule has 0 saturated carbocycles. The quantitative estimate of drug-likeness (QED) is 0.621. The van der Waals surface area contributed by atoms with E-state index in [4.69, 9.17) is 0 Å². The van der Waals surface area contributed by atoms with Gasteiger partial charge in [0.25, 0.3) is 5.69 Å². The van der Waals surface area contributed by atoms with Crippen LogP contribution in [0.3, 0.4) is 0 Å². The molecule has 1 aliphatic heterocycles. The Morgan fingerprint density at radius 3 is 3.00 bits per heavy atom. The number of likely N-dealkylation sites (tertiary alicyclic amines) is 1. The fourth-order valence-electron chi connectivity index (χ4n) is 2.70. The van der Waals surface area contributed by atoms with E-state index in [9.17, 15) is 10.1 Å². The summed E-state index contributed by atoms with van der Waals surface area (Å²) in [6.07, 6.45) is 3.75. The van der Waals surface area contributed by atoms with E-state index in [0.717, 1.165) is 31.1 Å². The first-order chi connectivity index (χ1) is 9.11. The maximum absolute atomic E-state index is 10.9. The van der Waals surface area contributed by atoms with Gasteiger partial charge in [-0.1, -0.05) is 25.5 Å². The molecule has 0 amide bonds. The van der Waals surface area contributed by atoms with E-state index in [1.165, 1.54) is 19.3 Å². The van der Waals surface area contributed by atoms with Gasteiger partial charge in [0.1, 0.15) is 0 Å². The molecule has 1 aliphatic rings. The maximum atomic E-state index is 10.9. The summed E-state index contributed by atoms with van der Waals surface area (Å²) in [6.45, 7) is 5.22. The molecule has 0 N–H and O–H groups in total. The highest BCUT2D eigenvalue weighted by Crippen LogP contribution is 2.30. The molecule has 1 aromatic carbocycles. The standard InChI is InChI=1S/C14H19BrN2O2/c1-2-11-5-4-8-16(9-11)10-12-6-3-7-13(14(12)15)17(18)19/h3,6-7,11H,2,4-5,8-10H2,1H3. The molecule has 1 aromatic rings. The van der Waals surface area contributed by atoms with Gasteiger partial charge >= 0.3 is 0 Å². The summed E-state index contributed by atoms with van der Waals surface area (Å²) in [6, 6.07) is 5.27. The van der Waals surface area contributed by atoms with Crippen molar-refractivity contribution >= 4 is 21.6 Å². The van der Waals surface area contributed by atoms with Crippen molar-refractivity contribution in [3.63, 3.8) is 0 Å². The van der Waals surface area contributed by atoms with Gasteiger partial charge in [-0.2, -0.15) is 0 Å². The highest BCUT2D eigenvalue weighted by molar-refractivity contribution is 9.10. The summed E-state index contributed by atoms with van der Waals surface area (Å²) in [4.78, 5) is 13.0. The van der Waals surface area contributed by atoms with Gasteiger partial charge in [-0.05, 0) is 46.8 Å². The Labute approximate surface area is 122 Å². The van der Waals surface area contributed by atoms with Crippen molar-refractivity contribution in [1.82, 2.24) is 4.90 Å². The molecular weight excluding hydrogens is 308 g/mol. The third-order valence-electron chi connectivity index (χ3n) is 3.83. The minimum absolute atomic E-state index is 0.154. The summed E-state index contributed by atoms with van der Waals surface area (Å²) >= 11 is 3.37. The van der Waals surface area contributed by atoms with E-state index in [0.29, 0.717) is 4.47 Å². The largest absolute Gasteiger partial charge is 0.299 e. The third-order valence-corrected chi connectivity index (χ3v) is 4.74. The predicted molar refractivity (Wildman–Crippen MR) is 79.1 cm³/mol. The van der Waals surface area contributed by atoms with E-state index in [1.807, 2.05) is 6.07 Å². The van der Waals surface area contributed by atoms with Crippen LogP contribution in [0.15, 0.2) is 22.7 Å². The number of hydrogen-bond acceptors (Lipinski definition) is 3. The van der Waals surface area contributed by atoms with Crippen molar-refractivity contribution in [2.45, 2.75) is 32.7 Å². The molecule has 0 radical (unpaired) electrons. The zero-order valence-corrected chi connectivity index (χ0v) is 12.7. The lowest BCUT2D eigenvalue weighted by molar-refractivity contribution is -0.385. The first-order valence-electron chi connectivity index (χ1n) is 6.76. The highest BCUT2D eigenvalue weighted by atomic mass is 79.9. The number of nitrogens with zero attached hydrogens (tertiary/aromatic N) is 2. The van der Waals surface area contributed by atoms with Crippen molar-refractivity contribution in [3.05, 3.63) is 38.3 Å². The molecule has 1 saturated heterocycles. The van der Waals surface area contributed by atoms with Crippen molar-refractivity contribution < 1.29 is 4.92 Å². The van der Waals surface area contributed by atoms with E-state index in [2.05, 4.69) is 27.8 Å². The van der Waals surface area contributed by atoms with Crippen LogP contribution >= 0.6 is 15.9 Å². The average Bonchev–Trinajstić information content (AvgIpc) is 2.41. The van der Waals surface area contributed by atoms with Crippen molar-refractivity contribution in [2.24, 2.45) is 5.92 Å². The second kappa shape index (κ2) is 6.48. The smallest absolute Gasteiger partial charge is 0.283 e. The van der Waals surface area contributed by atoms with E-state index in [-0.39, 0.29) is 10.6 Å². The molecule has 0 bridgehead atoms. The Hall–Kier alpha value is -0.940. The summed E-state index contributed by atoms with van der Waals surface area (Å²) in [5, 5.41) is 10.9. The SMILES string of the molecule is CCC1CCCN(Cc2cccc([N+](=O)[O-])c2Br)C1. The molecule has 1 fully saturated rings. The Bertz CT molecular complexity index is 465. The Morgan fingerprint density at radius 2 is 2.32 bits per heavy atom. The first kappa shape index (κ1) is 14.5. The Balaban J connectivity index is 2.10. The summed E-state index contributed by atoms with van der Waals surface area (Å²) < 4.78 is 0.624. The lowest BCUT2D eigenvalue weighted by Gasteiger charge is -2.32. The number of nitro groups is 1. The minimum atomic E-state index is -0.335. The Morgan fingerprint density at radius 1 is 1.53 bits per heavy atom. The van der Waals surface area contributed by atoms with Crippen LogP contribution in [0.2, 0.25) is 0 Å². The van der Waals surface area contributed by atoms with E-state index >= 15 is 0 Å². The number of piperidine rings is 1. The van der Waals surface area contributed by atoms with Crippen LogP contribution in [0.5, 0.6) is 0 Å². The van der Waals surface area contributed by atoms with Gasteiger partial charge in [0.2, 0.25) is 0 Å². The average molecular weight is 327 g/mol. The first-order valence-corrected chi connectivity index (χ1v) is 7.55. The van der Waals surface area contributed by atoms with Crippen LogP contribution in [0.25, 0.3) is 0 Å². The molecule has 1 unspecified atom stereocenters. The second-order valence-electron chi connectivity index (χ2n) is 5.16. The maximum Gasteiger partial charge on any atom is 0.283 e. The third kappa shape index (κ3) is 3.54. The summed E-state index contributed by atoms with van der Waals surface area (Å²) in [5.41, 5.74) is 1.16. The summed E-state index contributed by atoms with van der Waals surface area (Å²) in [7, 11) is 0. The van der Waals surface area contributed by atoms with Gasteiger partial charge in [-0.25, -0.2) is 0 Å². The second-order valence-corrected chi connectivity index (χ2v) is 5.95. The monoisotopic (exact) mass is 326 g/mol. The molecule has 5 heteroatoms. The number of nitro benzene ring substituents is 1. The fraction of sp³-hybridized carbons (Fsp3) is 0.571. The van der Waals surface area contributed by atoms with E-state index in [1.54, 1.807) is 12.1 Å². The van der Waals surface area contributed by atoms with E-state index < -0.39 is 0 Å². The molecule has 19 heavy (non-hydrogen) atoms. The fourth-order valence-corrected chi connectivity index (χ4v) is 3.23. The van der Waals surface area contributed by atoms with Gasteiger partial charge < -0.3 is 0 Å². The molecule has 1 atom stereocenters. The lowest BCUT2D eigenvalue weighted by Crippen LogP contribution is -2.34. The zero-order chi connectivity index (χ0) is 13.8. The topological polar surface area (TPSA) is 46.4 Å². The molecular formula is C14H19BrN2O2. The number of rotatable bonds is 4. The molecule has 104 valence electrons. The lowest BCUT2D eigenvalue weighted by atomic mass is 9.95. The van der Waals surface area contributed by atoms with Crippen LogP contribution in [-0.2, 0) is 6.54 Å². The number of hydrogen-bond donors (Lipinski definition) is 0. The molecule has 2 rings (SSSR count). The zero-order valence-electron chi connectivity index (χ0n) is 11.1. The van der Waals surface area contributed by atoms with Crippen LogP contribution in [0.1, 0.15) is 31.7 Å². The highest BCUT2D eigenvalue weighted by Gasteiger charge is 2.21. The molecule has 0 spiro atoms. The van der Waals surface area contributed by atoms with Gasteiger partial charge in [0.05, 0.1) is 9.40 Å². The number of benzene rings is 1. The van der Waals surface area contributed by atoms with Crippen LogP contribution in [-0.4, -0.2) is 22.9 Å². The normalized spacial score (nSPS) is 20.4. The van der Waals surface area contributed by atoms with Crippen LogP contribution in [0, 0.1) is 16.0 Å². The molecule has 0 aromatic heterocycles. The molecule has 1 heterocycles. The predicted octanol–water partition coefficient (Wildman–Crippen LogP) is 3.98. The molecule has 0 aliphatic carbocycles. The summed E-state index contributed by atoms with van der Waals surface area (Å²) in [5.74, 6) is 0.770. The van der Waals surface area contributed by atoms with Crippen molar-refractivity contribution in [3.8, 4) is 0 Å². The van der Waals surface area contributed by atoms with Gasteiger partial charge in [0, 0.05) is 19.2 Å². The minimum Gasteiger partial charge on any atom is -0.299 e. The van der Waals surface area contributed by atoms with Crippen molar-refractivity contribution in [2.75, 3.05) is 13.1 Å². The van der Waals surface area contributed by atoms with Crippen LogP contribution < -0.4 is 0 Å². The van der Waals surface area contributed by atoms with Crippen LogP contribution in [0.4, 0.5) is 5.69 Å². The molecule has 4 nitrogen and oxygen atoms in total. The van der Waals surface area contributed by atoms with Gasteiger partial charge in [-0.3, -0.25) is 15.0 Å². The van der Waals surface area contributed by atoms with Gasteiger partial charge in [0.15, 0.2) is 0 Å². The number of halogens is 1. The Kier molecular flexibility index (Phi) is 4.93. The van der Waals surface area contributed by atoms with Gasteiger partial charge in [-0.15, -0.1) is 0 Å².